The van der Waals surface area contributed by atoms with Crippen LogP contribution in [0.25, 0.3) is 0 Å². The van der Waals surface area contributed by atoms with Crippen LogP contribution in [0.2, 0.25) is 0 Å². The largest absolute Gasteiger partial charge is 0.493 e. The number of hydrogen-bond donors (Lipinski definition) is 0. The van der Waals surface area contributed by atoms with Gasteiger partial charge in [0.25, 0.3) is 9.70 Å². The number of halogens is 3. The van der Waals surface area contributed by atoms with Gasteiger partial charge in [0.1, 0.15) is 0 Å². The number of carbonyl (C=O) groups excluding carboxylic acids is 1. The number of methoxy groups -OCH3 is 3. The number of rotatable bonds is 5. The predicted molar refractivity (Wildman–Crippen MR) is 88.3 cm³/mol. The van der Waals surface area contributed by atoms with Crippen LogP contribution in [0, 0.1) is 0 Å². The molecule has 0 spiro atoms. The number of anilines is 1. The van der Waals surface area contributed by atoms with E-state index in [4.69, 9.17) is 49.0 Å². The number of alkyl halides is 3. The standard InChI is InChI=1S/C13H15Cl3N2O4/c1-18(7-17-12(19)13(14,15)16)8-5-6-9(20-2)11(22-4)10(8)21-3/h5-7H,1-4H3. The maximum atomic E-state index is 11.5. The predicted octanol–water partition coefficient (Wildman–Crippen LogP) is 3.07. The zero-order valence-corrected chi connectivity index (χ0v) is 14.7. The van der Waals surface area contributed by atoms with Crippen molar-refractivity contribution in [2.24, 2.45) is 4.99 Å². The zero-order valence-electron chi connectivity index (χ0n) is 12.4. The van der Waals surface area contributed by atoms with Crippen LogP contribution in [0.15, 0.2) is 17.1 Å². The highest BCUT2D eigenvalue weighted by Gasteiger charge is 2.30. The van der Waals surface area contributed by atoms with Gasteiger partial charge in [-0.3, -0.25) is 4.79 Å². The van der Waals surface area contributed by atoms with Gasteiger partial charge in [0, 0.05) is 7.05 Å². The molecule has 0 radical (unpaired) electrons. The molecular weight excluding hydrogens is 355 g/mol. The Balaban J connectivity index is 3.16. The molecule has 6 nitrogen and oxygen atoms in total. The second-order valence-electron chi connectivity index (χ2n) is 4.01. The smallest absolute Gasteiger partial charge is 0.299 e. The van der Waals surface area contributed by atoms with Gasteiger partial charge in [0.15, 0.2) is 11.5 Å². The molecule has 0 atom stereocenters. The number of aliphatic imine (C=N–C) groups is 1. The van der Waals surface area contributed by atoms with Crippen LogP contribution in [0.3, 0.4) is 0 Å². The minimum atomic E-state index is -2.10. The summed E-state index contributed by atoms with van der Waals surface area (Å²) in [5, 5.41) is 0. The minimum absolute atomic E-state index is 0.412. The number of carbonyl (C=O) groups is 1. The molecule has 0 aliphatic heterocycles. The molecular formula is C13H15Cl3N2O4. The molecule has 122 valence electrons. The van der Waals surface area contributed by atoms with Crippen molar-refractivity contribution in [1.29, 1.82) is 0 Å². The number of ether oxygens (including phenoxy) is 3. The Hall–Kier alpha value is -1.37. The Bertz CT molecular complexity index is 573. The molecule has 1 amide bonds. The second kappa shape index (κ2) is 7.76. The zero-order chi connectivity index (χ0) is 16.9. The molecule has 0 saturated heterocycles. The summed E-state index contributed by atoms with van der Waals surface area (Å²) in [6.07, 6.45) is 1.22. The summed E-state index contributed by atoms with van der Waals surface area (Å²) in [6.45, 7) is 0. The fraction of sp³-hybridized carbons (Fsp3) is 0.385. The summed E-state index contributed by atoms with van der Waals surface area (Å²) in [5.41, 5.74) is 0.584. The van der Waals surface area contributed by atoms with Gasteiger partial charge in [-0.2, -0.15) is 4.99 Å². The van der Waals surface area contributed by atoms with Gasteiger partial charge >= 0.3 is 0 Å². The second-order valence-corrected chi connectivity index (χ2v) is 6.29. The van der Waals surface area contributed by atoms with E-state index in [0.717, 1.165) is 0 Å². The summed E-state index contributed by atoms with van der Waals surface area (Å²) < 4.78 is 13.7. The molecule has 9 heteroatoms. The molecule has 1 aromatic carbocycles. The molecule has 0 aliphatic rings. The van der Waals surface area contributed by atoms with Crippen molar-refractivity contribution in [3.05, 3.63) is 12.1 Å². The molecule has 0 heterocycles. The third-order valence-electron chi connectivity index (χ3n) is 2.65. The molecule has 0 aromatic heterocycles. The Morgan fingerprint density at radius 2 is 1.73 bits per heavy atom. The van der Waals surface area contributed by atoms with Crippen molar-refractivity contribution in [3.63, 3.8) is 0 Å². The van der Waals surface area contributed by atoms with E-state index in [2.05, 4.69) is 4.99 Å². The maximum absolute atomic E-state index is 11.5. The summed E-state index contributed by atoms with van der Waals surface area (Å²) >= 11 is 16.3. The van der Waals surface area contributed by atoms with Gasteiger partial charge in [0.05, 0.1) is 33.4 Å². The summed E-state index contributed by atoms with van der Waals surface area (Å²) in [4.78, 5) is 16.6. The number of hydrogen-bond acceptors (Lipinski definition) is 4. The summed E-state index contributed by atoms with van der Waals surface area (Å²) in [6, 6.07) is 3.41. The first-order valence-corrected chi connectivity index (χ1v) is 7.06. The van der Waals surface area contributed by atoms with Crippen molar-refractivity contribution in [3.8, 4) is 17.2 Å². The van der Waals surface area contributed by atoms with Crippen LogP contribution in [-0.4, -0.2) is 44.4 Å². The normalized spacial score (nSPS) is 11.4. The van der Waals surface area contributed by atoms with Crippen molar-refractivity contribution in [2.75, 3.05) is 33.3 Å². The van der Waals surface area contributed by atoms with Crippen LogP contribution in [0.1, 0.15) is 0 Å². The van der Waals surface area contributed by atoms with E-state index in [0.29, 0.717) is 22.9 Å². The van der Waals surface area contributed by atoms with E-state index in [1.165, 1.54) is 32.6 Å². The van der Waals surface area contributed by atoms with Crippen molar-refractivity contribution in [1.82, 2.24) is 0 Å². The molecule has 22 heavy (non-hydrogen) atoms. The lowest BCUT2D eigenvalue weighted by Crippen LogP contribution is -2.21. The van der Waals surface area contributed by atoms with E-state index in [1.807, 2.05) is 0 Å². The van der Waals surface area contributed by atoms with Gasteiger partial charge in [-0.25, -0.2) is 0 Å². The van der Waals surface area contributed by atoms with Gasteiger partial charge < -0.3 is 19.1 Å². The van der Waals surface area contributed by atoms with Crippen LogP contribution < -0.4 is 19.1 Å². The van der Waals surface area contributed by atoms with Crippen LogP contribution in [0.5, 0.6) is 17.2 Å². The number of amides is 1. The Morgan fingerprint density at radius 3 is 2.18 bits per heavy atom. The van der Waals surface area contributed by atoms with Gasteiger partial charge in [-0.1, -0.05) is 34.8 Å². The lowest BCUT2D eigenvalue weighted by molar-refractivity contribution is -0.116. The van der Waals surface area contributed by atoms with Crippen LogP contribution in [-0.2, 0) is 4.79 Å². The highest BCUT2D eigenvalue weighted by atomic mass is 35.6. The molecule has 1 rings (SSSR count). The van der Waals surface area contributed by atoms with E-state index in [9.17, 15) is 4.79 Å². The average Bonchev–Trinajstić information content (AvgIpc) is 2.49. The van der Waals surface area contributed by atoms with Crippen LogP contribution in [0.4, 0.5) is 5.69 Å². The fourth-order valence-corrected chi connectivity index (χ4v) is 1.78. The fourth-order valence-electron chi connectivity index (χ4n) is 1.64. The SMILES string of the molecule is COc1ccc(N(C)C=NC(=O)C(Cl)(Cl)Cl)c(OC)c1OC. The van der Waals surface area contributed by atoms with Gasteiger partial charge in [-0.05, 0) is 12.1 Å². The first-order chi connectivity index (χ1) is 10.3. The van der Waals surface area contributed by atoms with Crippen molar-refractivity contribution >= 4 is 52.7 Å². The lowest BCUT2D eigenvalue weighted by atomic mass is 10.2. The van der Waals surface area contributed by atoms with Gasteiger partial charge in [0.2, 0.25) is 5.75 Å². The third kappa shape index (κ3) is 4.32. The van der Waals surface area contributed by atoms with E-state index in [-0.39, 0.29) is 0 Å². The molecule has 0 N–H and O–H groups in total. The maximum Gasteiger partial charge on any atom is 0.299 e. The van der Waals surface area contributed by atoms with E-state index < -0.39 is 9.70 Å². The minimum Gasteiger partial charge on any atom is -0.493 e. The molecule has 1 aromatic rings. The van der Waals surface area contributed by atoms with E-state index in [1.54, 1.807) is 19.2 Å². The van der Waals surface area contributed by atoms with Crippen LogP contribution >= 0.6 is 34.8 Å². The highest BCUT2D eigenvalue weighted by Crippen LogP contribution is 2.43. The van der Waals surface area contributed by atoms with Crippen molar-refractivity contribution in [2.45, 2.75) is 3.79 Å². The first-order valence-electron chi connectivity index (χ1n) is 5.93. The highest BCUT2D eigenvalue weighted by molar-refractivity contribution is 6.76. The summed E-state index contributed by atoms with van der Waals surface area (Å²) in [7, 11) is 6.14. The number of nitrogens with zero attached hydrogens (tertiary/aromatic N) is 2. The van der Waals surface area contributed by atoms with Gasteiger partial charge in [-0.15, -0.1) is 0 Å². The monoisotopic (exact) mass is 368 g/mol. The first kappa shape index (κ1) is 18.7. The number of benzene rings is 1. The topological polar surface area (TPSA) is 60.4 Å². The molecule has 0 saturated carbocycles. The Morgan fingerprint density at radius 1 is 1.14 bits per heavy atom. The lowest BCUT2D eigenvalue weighted by Gasteiger charge is -2.20. The van der Waals surface area contributed by atoms with Crippen molar-refractivity contribution < 1.29 is 19.0 Å². The molecule has 0 bridgehead atoms. The van der Waals surface area contributed by atoms with E-state index >= 15 is 0 Å². The quantitative estimate of drug-likeness (QED) is 0.453. The summed E-state index contributed by atoms with van der Waals surface area (Å²) in [5.74, 6) is 0.433. The Kier molecular flexibility index (Phi) is 6.59. The molecule has 0 fully saturated rings. The molecule has 0 unspecified atom stereocenters. The Labute approximate surface area is 143 Å². The third-order valence-corrected chi connectivity index (χ3v) is 3.14. The average molecular weight is 370 g/mol. The molecule has 0 aliphatic carbocycles.